The highest BCUT2D eigenvalue weighted by atomic mass is 35.5. The Labute approximate surface area is 123 Å². The first-order valence-electron chi connectivity index (χ1n) is 6.77. The molecule has 2 N–H and O–H groups in total. The summed E-state index contributed by atoms with van der Waals surface area (Å²) in [5, 5.41) is 12.5. The number of nitrogens with one attached hydrogen (secondary N) is 1. The summed E-state index contributed by atoms with van der Waals surface area (Å²) in [7, 11) is 0. The van der Waals surface area contributed by atoms with Gasteiger partial charge in [0.1, 0.15) is 0 Å². The number of amides is 1. The molecular formula is C15H18ClNO3. The van der Waals surface area contributed by atoms with Gasteiger partial charge in [-0.2, -0.15) is 0 Å². The first-order valence-corrected chi connectivity index (χ1v) is 7.15. The second kappa shape index (κ2) is 6.27. The van der Waals surface area contributed by atoms with Crippen LogP contribution in [0.2, 0.25) is 5.02 Å². The van der Waals surface area contributed by atoms with Crippen molar-refractivity contribution >= 4 is 29.2 Å². The Morgan fingerprint density at radius 2 is 2.00 bits per heavy atom. The lowest BCUT2D eigenvalue weighted by atomic mass is 9.81. The predicted molar refractivity (Wildman–Crippen MR) is 77.9 cm³/mol. The Morgan fingerprint density at radius 1 is 1.30 bits per heavy atom. The van der Waals surface area contributed by atoms with Crippen molar-refractivity contribution in [3.05, 3.63) is 28.8 Å². The van der Waals surface area contributed by atoms with Crippen molar-refractivity contribution in [2.24, 2.45) is 11.8 Å². The van der Waals surface area contributed by atoms with Crippen LogP contribution in [0.25, 0.3) is 0 Å². The minimum absolute atomic E-state index is 0.115. The molecule has 0 bridgehead atoms. The van der Waals surface area contributed by atoms with E-state index in [1.165, 1.54) is 0 Å². The number of benzene rings is 1. The van der Waals surface area contributed by atoms with Gasteiger partial charge in [0.25, 0.3) is 0 Å². The van der Waals surface area contributed by atoms with E-state index in [-0.39, 0.29) is 11.8 Å². The summed E-state index contributed by atoms with van der Waals surface area (Å²) in [4.78, 5) is 23.2. The fourth-order valence-electron chi connectivity index (χ4n) is 2.57. The lowest BCUT2D eigenvalue weighted by Crippen LogP contribution is -2.30. The van der Waals surface area contributed by atoms with Gasteiger partial charge in [0.05, 0.1) is 5.92 Å². The van der Waals surface area contributed by atoms with Crippen molar-refractivity contribution in [2.75, 3.05) is 5.32 Å². The molecule has 1 amide bonds. The third-order valence-electron chi connectivity index (χ3n) is 3.83. The van der Waals surface area contributed by atoms with Crippen LogP contribution in [0.3, 0.4) is 0 Å². The molecule has 0 saturated heterocycles. The SMILES string of the molecule is Cc1ccc(NC(=O)C2CCCC(C(=O)O)C2)cc1Cl. The Balaban J connectivity index is 2.00. The van der Waals surface area contributed by atoms with Crippen LogP contribution in [-0.2, 0) is 9.59 Å². The summed E-state index contributed by atoms with van der Waals surface area (Å²) in [6.45, 7) is 1.90. The molecule has 0 radical (unpaired) electrons. The minimum Gasteiger partial charge on any atom is -0.481 e. The smallest absolute Gasteiger partial charge is 0.306 e. The lowest BCUT2D eigenvalue weighted by Gasteiger charge is -2.25. The summed E-state index contributed by atoms with van der Waals surface area (Å²) in [5.74, 6) is -1.55. The number of carbonyl (C=O) groups excluding carboxylic acids is 1. The van der Waals surface area contributed by atoms with Crippen LogP contribution in [0.1, 0.15) is 31.2 Å². The van der Waals surface area contributed by atoms with Crippen molar-refractivity contribution in [2.45, 2.75) is 32.6 Å². The molecule has 0 heterocycles. The van der Waals surface area contributed by atoms with Crippen molar-refractivity contribution < 1.29 is 14.7 Å². The van der Waals surface area contributed by atoms with Crippen molar-refractivity contribution in [3.8, 4) is 0 Å². The molecule has 0 aliphatic heterocycles. The number of carbonyl (C=O) groups is 2. The Morgan fingerprint density at radius 3 is 2.65 bits per heavy atom. The van der Waals surface area contributed by atoms with Crippen molar-refractivity contribution in [1.29, 1.82) is 0 Å². The first-order chi connectivity index (χ1) is 9.47. The van der Waals surface area contributed by atoms with Gasteiger partial charge in [0.2, 0.25) is 5.91 Å². The van der Waals surface area contributed by atoms with Gasteiger partial charge in [-0.1, -0.05) is 24.1 Å². The average Bonchev–Trinajstić information content (AvgIpc) is 2.43. The summed E-state index contributed by atoms with van der Waals surface area (Å²) in [5.41, 5.74) is 1.61. The molecule has 20 heavy (non-hydrogen) atoms. The van der Waals surface area contributed by atoms with Gasteiger partial charge < -0.3 is 10.4 Å². The van der Waals surface area contributed by atoms with Gasteiger partial charge in [-0.15, -0.1) is 0 Å². The van der Waals surface area contributed by atoms with Crippen molar-refractivity contribution in [3.63, 3.8) is 0 Å². The molecule has 1 aliphatic rings. The molecule has 0 aromatic heterocycles. The summed E-state index contributed by atoms with van der Waals surface area (Å²) >= 11 is 6.02. The number of aryl methyl sites for hydroxylation is 1. The zero-order valence-electron chi connectivity index (χ0n) is 11.4. The highest BCUT2D eigenvalue weighted by Crippen LogP contribution is 2.30. The van der Waals surface area contributed by atoms with Crippen LogP contribution in [0.4, 0.5) is 5.69 Å². The number of anilines is 1. The fraction of sp³-hybridized carbons (Fsp3) is 0.467. The van der Waals surface area contributed by atoms with Crippen LogP contribution < -0.4 is 5.32 Å². The van der Waals surface area contributed by atoms with Gasteiger partial charge in [0, 0.05) is 16.6 Å². The number of carboxylic acid groups (broad SMARTS) is 1. The average molecular weight is 296 g/mol. The fourth-order valence-corrected chi connectivity index (χ4v) is 2.75. The Kier molecular flexibility index (Phi) is 4.65. The van der Waals surface area contributed by atoms with Crippen molar-refractivity contribution in [1.82, 2.24) is 0 Å². The molecule has 1 aromatic rings. The normalized spacial score (nSPS) is 22.3. The van der Waals surface area contributed by atoms with Crippen LogP contribution in [0.5, 0.6) is 0 Å². The van der Waals surface area contributed by atoms with Crippen LogP contribution in [0, 0.1) is 18.8 Å². The van der Waals surface area contributed by atoms with E-state index in [0.717, 1.165) is 18.4 Å². The summed E-state index contributed by atoms with van der Waals surface area (Å²) in [6, 6.07) is 5.36. The summed E-state index contributed by atoms with van der Waals surface area (Å²) in [6.07, 6.45) is 2.61. The quantitative estimate of drug-likeness (QED) is 0.897. The minimum atomic E-state index is -0.805. The molecule has 1 aliphatic carbocycles. The molecule has 1 aromatic carbocycles. The molecule has 2 unspecified atom stereocenters. The number of rotatable bonds is 3. The van der Waals surface area contributed by atoms with E-state index < -0.39 is 11.9 Å². The first kappa shape index (κ1) is 14.9. The molecule has 108 valence electrons. The Bertz CT molecular complexity index is 530. The standard InChI is InChI=1S/C15H18ClNO3/c1-9-5-6-12(8-13(9)16)17-14(18)10-3-2-4-11(7-10)15(19)20/h5-6,8,10-11H,2-4,7H2,1H3,(H,17,18)(H,19,20). The molecule has 1 fully saturated rings. The number of hydrogen-bond acceptors (Lipinski definition) is 2. The molecule has 2 rings (SSSR count). The van der Waals surface area contributed by atoms with E-state index in [2.05, 4.69) is 5.32 Å². The third-order valence-corrected chi connectivity index (χ3v) is 4.24. The number of hydrogen-bond donors (Lipinski definition) is 2. The largest absolute Gasteiger partial charge is 0.481 e. The van der Waals surface area contributed by atoms with Crippen LogP contribution in [-0.4, -0.2) is 17.0 Å². The summed E-state index contributed by atoms with van der Waals surface area (Å²) < 4.78 is 0. The van der Waals surface area contributed by atoms with Gasteiger partial charge in [0.15, 0.2) is 0 Å². The van der Waals surface area contributed by atoms with E-state index in [4.69, 9.17) is 16.7 Å². The number of aliphatic carboxylic acids is 1. The topological polar surface area (TPSA) is 66.4 Å². The number of halogens is 1. The van der Waals surface area contributed by atoms with Gasteiger partial charge in [-0.25, -0.2) is 0 Å². The van der Waals surface area contributed by atoms with Crippen LogP contribution >= 0.6 is 11.6 Å². The zero-order chi connectivity index (χ0) is 14.7. The van der Waals surface area contributed by atoms with E-state index in [1.807, 2.05) is 13.0 Å². The molecule has 4 nitrogen and oxygen atoms in total. The van der Waals surface area contributed by atoms with Gasteiger partial charge in [-0.05, 0) is 43.9 Å². The second-order valence-corrected chi connectivity index (χ2v) is 5.76. The highest BCUT2D eigenvalue weighted by Gasteiger charge is 2.31. The molecule has 0 spiro atoms. The van der Waals surface area contributed by atoms with Gasteiger partial charge in [-0.3, -0.25) is 9.59 Å². The maximum Gasteiger partial charge on any atom is 0.306 e. The van der Waals surface area contributed by atoms with E-state index in [9.17, 15) is 9.59 Å². The molecule has 2 atom stereocenters. The molecular weight excluding hydrogens is 278 g/mol. The van der Waals surface area contributed by atoms with E-state index in [0.29, 0.717) is 23.6 Å². The number of carboxylic acids is 1. The second-order valence-electron chi connectivity index (χ2n) is 5.35. The predicted octanol–water partition coefficient (Wildman–Crippen LogP) is 3.48. The van der Waals surface area contributed by atoms with Gasteiger partial charge >= 0.3 is 5.97 Å². The Hall–Kier alpha value is -1.55. The van der Waals surface area contributed by atoms with Crippen LogP contribution in [0.15, 0.2) is 18.2 Å². The zero-order valence-corrected chi connectivity index (χ0v) is 12.1. The third kappa shape index (κ3) is 3.51. The lowest BCUT2D eigenvalue weighted by molar-refractivity contribution is -0.143. The molecule has 5 heteroatoms. The maximum absolute atomic E-state index is 12.2. The van der Waals surface area contributed by atoms with E-state index >= 15 is 0 Å². The maximum atomic E-state index is 12.2. The highest BCUT2D eigenvalue weighted by molar-refractivity contribution is 6.31. The van der Waals surface area contributed by atoms with E-state index in [1.54, 1.807) is 12.1 Å². The molecule has 1 saturated carbocycles. The monoisotopic (exact) mass is 295 g/mol.